The number of morpholine rings is 1. The molecule has 0 saturated carbocycles. The van der Waals surface area contributed by atoms with Crippen LogP contribution in [0.4, 0.5) is 4.79 Å². The maximum atomic E-state index is 12.4. The van der Waals surface area contributed by atoms with Crippen LogP contribution < -0.4 is 5.32 Å². The zero-order chi connectivity index (χ0) is 17.5. The van der Waals surface area contributed by atoms with Gasteiger partial charge >= 0.3 is 6.09 Å². The van der Waals surface area contributed by atoms with Crippen LogP contribution in [0, 0.1) is 0 Å². The minimum absolute atomic E-state index is 0.0420. The van der Waals surface area contributed by atoms with Crippen LogP contribution in [0.5, 0.6) is 0 Å². The Bertz CT molecular complexity index is 357. The molecular weight excluding hydrogens is 296 g/mol. The Morgan fingerprint density at radius 3 is 2.65 bits per heavy atom. The molecule has 1 amide bonds. The summed E-state index contributed by atoms with van der Waals surface area (Å²) in [5.41, 5.74) is -0.476. The van der Waals surface area contributed by atoms with E-state index < -0.39 is 5.60 Å². The molecule has 23 heavy (non-hydrogen) atoms. The van der Waals surface area contributed by atoms with Gasteiger partial charge in [0.05, 0.1) is 25.9 Å². The Balaban J connectivity index is 2.52. The van der Waals surface area contributed by atoms with E-state index in [4.69, 9.17) is 14.2 Å². The fourth-order valence-electron chi connectivity index (χ4n) is 2.72. The van der Waals surface area contributed by atoms with E-state index in [1.807, 2.05) is 27.7 Å². The highest BCUT2D eigenvalue weighted by Crippen LogP contribution is 2.17. The summed E-state index contributed by atoms with van der Waals surface area (Å²) in [6.07, 6.45) is 0.579. The lowest BCUT2D eigenvalue weighted by molar-refractivity contribution is -0.0359. The van der Waals surface area contributed by atoms with Crippen molar-refractivity contribution in [2.45, 2.75) is 71.7 Å². The average molecular weight is 330 g/mol. The molecule has 3 unspecified atom stereocenters. The monoisotopic (exact) mass is 330 g/mol. The highest BCUT2D eigenvalue weighted by molar-refractivity contribution is 5.68. The van der Waals surface area contributed by atoms with E-state index in [1.165, 1.54) is 0 Å². The molecule has 0 aromatic carbocycles. The highest BCUT2D eigenvalue weighted by Gasteiger charge is 2.32. The lowest BCUT2D eigenvalue weighted by atomic mass is 10.1. The van der Waals surface area contributed by atoms with Crippen LogP contribution >= 0.6 is 0 Å². The Kier molecular flexibility index (Phi) is 8.29. The summed E-state index contributed by atoms with van der Waals surface area (Å²) in [4.78, 5) is 14.2. The first-order valence-corrected chi connectivity index (χ1v) is 8.64. The van der Waals surface area contributed by atoms with Gasteiger partial charge in [-0.25, -0.2) is 4.79 Å². The van der Waals surface area contributed by atoms with E-state index in [2.05, 4.69) is 19.2 Å². The molecule has 0 aromatic heterocycles. The first kappa shape index (κ1) is 20.2. The van der Waals surface area contributed by atoms with Crippen LogP contribution in [0.3, 0.4) is 0 Å². The summed E-state index contributed by atoms with van der Waals surface area (Å²) in [5, 5.41) is 3.51. The van der Waals surface area contributed by atoms with E-state index >= 15 is 0 Å². The number of ether oxygens (including phenoxy) is 3. The summed E-state index contributed by atoms with van der Waals surface area (Å²) in [5.74, 6) is 0. The topological polar surface area (TPSA) is 60.0 Å². The van der Waals surface area contributed by atoms with Gasteiger partial charge in [-0.2, -0.15) is 0 Å². The van der Waals surface area contributed by atoms with E-state index in [1.54, 1.807) is 4.90 Å². The van der Waals surface area contributed by atoms with Crippen LogP contribution in [0.2, 0.25) is 0 Å². The summed E-state index contributed by atoms with van der Waals surface area (Å²) < 4.78 is 16.5. The number of amides is 1. The number of hydrogen-bond acceptors (Lipinski definition) is 5. The Hall–Kier alpha value is -0.850. The molecule has 136 valence electrons. The number of hydrogen-bond donors (Lipinski definition) is 1. The van der Waals surface area contributed by atoms with Gasteiger partial charge in [0, 0.05) is 25.2 Å². The summed E-state index contributed by atoms with van der Waals surface area (Å²) in [7, 11) is 0. The third kappa shape index (κ3) is 7.99. The molecule has 6 nitrogen and oxygen atoms in total. The summed E-state index contributed by atoms with van der Waals surface area (Å²) in [6, 6.07) is 0.590. The van der Waals surface area contributed by atoms with E-state index in [0.717, 1.165) is 13.0 Å². The van der Waals surface area contributed by atoms with Crippen molar-refractivity contribution in [3.05, 3.63) is 0 Å². The van der Waals surface area contributed by atoms with Gasteiger partial charge in [0.2, 0.25) is 0 Å². The van der Waals surface area contributed by atoms with Crippen molar-refractivity contribution in [3.63, 3.8) is 0 Å². The minimum atomic E-state index is -0.476. The molecule has 1 rings (SSSR count). The van der Waals surface area contributed by atoms with E-state index in [9.17, 15) is 4.79 Å². The predicted molar refractivity (Wildman–Crippen MR) is 90.7 cm³/mol. The molecule has 1 aliphatic rings. The standard InChI is InChI=1S/C17H34N2O4/c1-7-21-11-14(3)18-13(2)10-15-12-22-9-8-19(15)16(20)23-17(4,5)6/h13-15,18H,7-12H2,1-6H3. The van der Waals surface area contributed by atoms with Gasteiger partial charge in [0.1, 0.15) is 5.60 Å². The van der Waals surface area contributed by atoms with Crippen molar-refractivity contribution in [2.75, 3.05) is 33.0 Å². The molecule has 1 saturated heterocycles. The fourth-order valence-corrected chi connectivity index (χ4v) is 2.72. The third-order valence-electron chi connectivity index (χ3n) is 3.62. The molecule has 1 N–H and O–H groups in total. The quantitative estimate of drug-likeness (QED) is 0.777. The van der Waals surface area contributed by atoms with Crippen LogP contribution in [0.25, 0.3) is 0 Å². The van der Waals surface area contributed by atoms with Gasteiger partial charge in [-0.15, -0.1) is 0 Å². The van der Waals surface area contributed by atoms with Gasteiger partial charge in [-0.05, 0) is 48.0 Å². The largest absolute Gasteiger partial charge is 0.444 e. The minimum Gasteiger partial charge on any atom is -0.444 e. The Morgan fingerprint density at radius 1 is 1.35 bits per heavy atom. The maximum Gasteiger partial charge on any atom is 0.410 e. The number of carbonyl (C=O) groups excluding carboxylic acids is 1. The number of nitrogens with zero attached hydrogens (tertiary/aromatic N) is 1. The van der Waals surface area contributed by atoms with Crippen molar-refractivity contribution in [1.82, 2.24) is 10.2 Å². The van der Waals surface area contributed by atoms with Gasteiger partial charge in [-0.1, -0.05) is 0 Å². The van der Waals surface area contributed by atoms with Crippen LogP contribution in [-0.2, 0) is 14.2 Å². The average Bonchev–Trinajstić information content (AvgIpc) is 2.43. The second kappa shape index (κ2) is 9.45. The molecule has 0 aromatic rings. The zero-order valence-electron chi connectivity index (χ0n) is 15.6. The molecule has 0 bridgehead atoms. The second-order valence-corrected chi connectivity index (χ2v) is 7.27. The maximum absolute atomic E-state index is 12.4. The Labute approximate surface area is 140 Å². The van der Waals surface area contributed by atoms with Gasteiger partial charge in [0.25, 0.3) is 0 Å². The number of carbonyl (C=O) groups is 1. The van der Waals surface area contributed by atoms with Crippen molar-refractivity contribution in [1.29, 1.82) is 0 Å². The normalized spacial score (nSPS) is 21.8. The molecule has 0 aliphatic carbocycles. The molecule has 6 heteroatoms. The Morgan fingerprint density at radius 2 is 2.04 bits per heavy atom. The fraction of sp³-hybridized carbons (Fsp3) is 0.941. The van der Waals surface area contributed by atoms with Gasteiger partial charge in [0.15, 0.2) is 0 Å². The lowest BCUT2D eigenvalue weighted by Gasteiger charge is -2.38. The molecule has 0 radical (unpaired) electrons. The van der Waals surface area contributed by atoms with E-state index in [0.29, 0.717) is 26.4 Å². The molecule has 1 heterocycles. The summed E-state index contributed by atoms with van der Waals surface area (Å²) in [6.45, 7) is 15.0. The third-order valence-corrected chi connectivity index (χ3v) is 3.62. The zero-order valence-corrected chi connectivity index (χ0v) is 15.6. The van der Waals surface area contributed by atoms with Crippen molar-refractivity contribution < 1.29 is 19.0 Å². The van der Waals surface area contributed by atoms with Crippen molar-refractivity contribution in [2.24, 2.45) is 0 Å². The highest BCUT2D eigenvalue weighted by atomic mass is 16.6. The second-order valence-electron chi connectivity index (χ2n) is 7.27. The first-order valence-electron chi connectivity index (χ1n) is 8.64. The van der Waals surface area contributed by atoms with Gasteiger partial charge in [-0.3, -0.25) is 0 Å². The van der Waals surface area contributed by atoms with Crippen molar-refractivity contribution in [3.8, 4) is 0 Å². The smallest absolute Gasteiger partial charge is 0.410 e. The lowest BCUT2D eigenvalue weighted by Crippen LogP contribution is -2.52. The molecule has 1 fully saturated rings. The van der Waals surface area contributed by atoms with Crippen LogP contribution in [0.15, 0.2) is 0 Å². The SMILES string of the molecule is CCOCC(C)NC(C)CC1COCCN1C(=O)OC(C)(C)C. The molecule has 0 spiro atoms. The molecule has 3 atom stereocenters. The molecular formula is C17H34N2O4. The predicted octanol–water partition coefficient (Wildman–Crippen LogP) is 2.42. The number of nitrogens with one attached hydrogen (secondary N) is 1. The van der Waals surface area contributed by atoms with Crippen LogP contribution in [0.1, 0.15) is 48.0 Å². The van der Waals surface area contributed by atoms with Crippen LogP contribution in [-0.4, -0.2) is 67.7 Å². The summed E-state index contributed by atoms with van der Waals surface area (Å²) >= 11 is 0. The first-order chi connectivity index (χ1) is 10.7. The van der Waals surface area contributed by atoms with E-state index in [-0.39, 0.29) is 24.2 Å². The number of rotatable bonds is 7. The molecule has 1 aliphatic heterocycles. The van der Waals surface area contributed by atoms with Gasteiger partial charge < -0.3 is 24.4 Å². The van der Waals surface area contributed by atoms with Crippen molar-refractivity contribution >= 4 is 6.09 Å².